The van der Waals surface area contributed by atoms with Gasteiger partial charge in [0, 0.05) is 22.6 Å². The number of aromatic amines is 2. The molecule has 4 N–H and O–H groups in total. The Kier molecular flexibility index (Phi) is 8.07. The number of nitrogens with one attached hydrogen (secondary N) is 3. The van der Waals surface area contributed by atoms with Gasteiger partial charge in [-0.25, -0.2) is 4.79 Å². The third-order valence-corrected chi connectivity index (χ3v) is 4.91. The number of carbonyl (C=O) groups excluding carboxylic acids is 1. The van der Waals surface area contributed by atoms with Gasteiger partial charge in [-0.05, 0) is 19.3 Å². The van der Waals surface area contributed by atoms with Crippen LogP contribution in [0.2, 0.25) is 0 Å². The van der Waals surface area contributed by atoms with Crippen LogP contribution in [-0.2, 0) is 4.79 Å². The molecule has 0 aliphatic rings. The molecule has 1 amide bonds. The molecule has 9 heteroatoms. The van der Waals surface area contributed by atoms with Crippen molar-refractivity contribution < 1.29 is 9.90 Å². The van der Waals surface area contributed by atoms with Crippen molar-refractivity contribution in [2.75, 3.05) is 23.7 Å². The Morgan fingerprint density at radius 3 is 2.73 bits per heavy atom. The summed E-state index contributed by atoms with van der Waals surface area (Å²) in [5.41, 5.74) is -0.547. The van der Waals surface area contributed by atoms with Crippen LogP contribution in [0.3, 0.4) is 0 Å². The van der Waals surface area contributed by atoms with Crippen LogP contribution in [-0.4, -0.2) is 50.7 Å². The summed E-state index contributed by atoms with van der Waals surface area (Å²) in [7, 11) is 0. The highest BCUT2D eigenvalue weighted by Gasteiger charge is 2.10. The van der Waals surface area contributed by atoms with Crippen LogP contribution in [0.1, 0.15) is 11.3 Å². The normalized spacial score (nSPS) is 12.5. The first kappa shape index (κ1) is 18.6. The smallest absolute Gasteiger partial charge is 0.325 e. The van der Waals surface area contributed by atoms with Crippen molar-refractivity contribution in [2.24, 2.45) is 0 Å². The number of aliphatic hydroxyl groups is 1. The zero-order chi connectivity index (χ0) is 16.5. The highest BCUT2D eigenvalue weighted by Crippen LogP contribution is 2.09. The minimum absolute atomic E-state index is 0.154. The summed E-state index contributed by atoms with van der Waals surface area (Å²) in [5, 5.41) is 12.8. The maximum absolute atomic E-state index is 11.8. The summed E-state index contributed by atoms with van der Waals surface area (Å²) in [4.78, 5) is 39.0. The molecule has 0 aliphatic carbocycles. The fourth-order valence-corrected chi connectivity index (χ4v) is 3.16. The highest BCUT2D eigenvalue weighted by molar-refractivity contribution is 8.15. The van der Waals surface area contributed by atoms with Crippen molar-refractivity contribution in [3.8, 4) is 0 Å². The summed E-state index contributed by atoms with van der Waals surface area (Å²) in [5.74, 6) is 0.198. The quantitative estimate of drug-likeness (QED) is 0.297. The van der Waals surface area contributed by atoms with Crippen molar-refractivity contribution in [2.45, 2.75) is 13.0 Å². The second kappa shape index (κ2) is 9.54. The van der Waals surface area contributed by atoms with Crippen LogP contribution in [0.4, 0.5) is 0 Å². The number of aliphatic hydroxyl groups excluding tert-OH is 1. The first-order chi connectivity index (χ1) is 10.5. The van der Waals surface area contributed by atoms with E-state index in [9.17, 15) is 19.5 Å². The Morgan fingerprint density at radius 1 is 1.41 bits per heavy atom. The van der Waals surface area contributed by atoms with Crippen LogP contribution >= 0.6 is 23.5 Å². The molecule has 0 radical (unpaired) electrons. The van der Waals surface area contributed by atoms with Gasteiger partial charge in [0.05, 0.1) is 18.2 Å². The van der Waals surface area contributed by atoms with E-state index in [1.165, 1.54) is 12.2 Å². The third-order valence-electron chi connectivity index (χ3n) is 2.67. The van der Waals surface area contributed by atoms with E-state index in [2.05, 4.69) is 15.3 Å². The fraction of sp³-hybridized carbons (Fsp3) is 0.462. The second-order valence-corrected chi connectivity index (χ2v) is 6.71. The van der Waals surface area contributed by atoms with Crippen LogP contribution in [0.15, 0.2) is 15.7 Å². The van der Waals surface area contributed by atoms with Crippen molar-refractivity contribution in [3.63, 3.8) is 0 Å². The summed E-state index contributed by atoms with van der Waals surface area (Å²) in [6.07, 6.45) is 4.52. The average molecular weight is 345 g/mol. The molecule has 1 atom stereocenters. The van der Waals surface area contributed by atoms with Gasteiger partial charge in [-0.3, -0.25) is 14.6 Å². The maximum Gasteiger partial charge on any atom is 0.325 e. The monoisotopic (exact) mass is 345 g/mol. The lowest BCUT2D eigenvalue weighted by Crippen LogP contribution is -2.38. The van der Waals surface area contributed by atoms with Gasteiger partial charge >= 0.3 is 5.69 Å². The van der Waals surface area contributed by atoms with Gasteiger partial charge in [-0.1, -0.05) is 0 Å². The molecule has 0 saturated carbocycles. The molecule has 0 saturated heterocycles. The minimum atomic E-state index is -0.588. The summed E-state index contributed by atoms with van der Waals surface area (Å²) >= 11 is 3.29. The minimum Gasteiger partial charge on any atom is -0.394 e. The second-order valence-electron chi connectivity index (χ2n) is 4.45. The Hall–Kier alpha value is -1.45. The Bertz CT molecular complexity index is 639. The summed E-state index contributed by atoms with van der Waals surface area (Å²) in [6.45, 7) is 1.42. The largest absolute Gasteiger partial charge is 0.394 e. The standard InChI is InChI=1S/C13H19N3O4S2/c1-8-10(12(19)16-13(20)14-8)3-4-11(18)15-9(5-17)6-22-7-21-2/h3-4,9,17H,5-7H2,1-2H3,(H,15,18)(H2,14,16,19,20)/b4-3-. The molecule has 0 aliphatic heterocycles. The van der Waals surface area contributed by atoms with E-state index < -0.39 is 17.2 Å². The number of rotatable bonds is 8. The Morgan fingerprint density at radius 2 is 2.14 bits per heavy atom. The van der Waals surface area contributed by atoms with E-state index in [4.69, 9.17) is 0 Å². The van der Waals surface area contributed by atoms with Gasteiger partial charge in [-0.15, -0.1) is 11.8 Å². The molecule has 0 bridgehead atoms. The molecule has 22 heavy (non-hydrogen) atoms. The molecule has 1 rings (SSSR count). The van der Waals surface area contributed by atoms with Gasteiger partial charge in [0.1, 0.15) is 0 Å². The average Bonchev–Trinajstić information content (AvgIpc) is 2.45. The molecular formula is C13H19N3O4S2. The lowest BCUT2D eigenvalue weighted by Gasteiger charge is -2.14. The maximum atomic E-state index is 11.8. The molecule has 1 aromatic rings. The number of H-pyrrole nitrogens is 2. The molecule has 1 unspecified atom stereocenters. The molecule has 1 aromatic heterocycles. The van der Waals surface area contributed by atoms with Gasteiger partial charge in [0.25, 0.3) is 5.56 Å². The van der Waals surface area contributed by atoms with E-state index in [1.807, 2.05) is 6.26 Å². The lowest BCUT2D eigenvalue weighted by molar-refractivity contribution is -0.117. The van der Waals surface area contributed by atoms with Crippen molar-refractivity contribution in [1.29, 1.82) is 0 Å². The fourth-order valence-electron chi connectivity index (χ4n) is 1.63. The van der Waals surface area contributed by atoms with Gasteiger partial charge in [0.15, 0.2) is 0 Å². The zero-order valence-electron chi connectivity index (χ0n) is 12.3. The van der Waals surface area contributed by atoms with E-state index in [1.54, 1.807) is 30.4 Å². The predicted octanol–water partition coefficient (Wildman–Crippen LogP) is -0.0844. The third kappa shape index (κ3) is 6.12. The first-order valence-electron chi connectivity index (χ1n) is 6.47. The summed E-state index contributed by atoms with van der Waals surface area (Å²) in [6, 6.07) is -0.343. The topological polar surface area (TPSA) is 115 Å². The van der Waals surface area contributed by atoms with Crippen LogP contribution < -0.4 is 16.6 Å². The lowest BCUT2D eigenvalue weighted by atomic mass is 10.2. The molecule has 0 spiro atoms. The number of thioether (sulfide) groups is 2. The van der Waals surface area contributed by atoms with Crippen LogP contribution in [0, 0.1) is 6.92 Å². The Balaban J connectivity index is 2.68. The number of aromatic nitrogens is 2. The molecule has 1 heterocycles. The van der Waals surface area contributed by atoms with E-state index in [0.29, 0.717) is 11.4 Å². The van der Waals surface area contributed by atoms with Gasteiger partial charge < -0.3 is 15.4 Å². The van der Waals surface area contributed by atoms with Crippen molar-refractivity contribution in [1.82, 2.24) is 15.3 Å². The number of amides is 1. The molecule has 7 nitrogen and oxygen atoms in total. The number of aryl methyl sites for hydroxylation is 1. The molecule has 0 fully saturated rings. The SMILES string of the molecule is CSCSCC(CO)NC(=O)/C=C\c1c(C)[nH]c(=O)[nH]c1=O. The van der Waals surface area contributed by atoms with Crippen molar-refractivity contribution in [3.05, 3.63) is 38.2 Å². The van der Waals surface area contributed by atoms with Gasteiger partial charge in [-0.2, -0.15) is 11.8 Å². The molecule has 122 valence electrons. The van der Waals surface area contributed by atoms with E-state index in [-0.39, 0.29) is 18.2 Å². The number of hydrogen-bond acceptors (Lipinski definition) is 6. The number of hydrogen-bond donors (Lipinski definition) is 4. The zero-order valence-corrected chi connectivity index (χ0v) is 14.0. The highest BCUT2D eigenvalue weighted by atomic mass is 32.2. The number of carbonyl (C=O) groups is 1. The molecular weight excluding hydrogens is 326 g/mol. The predicted molar refractivity (Wildman–Crippen MR) is 91.3 cm³/mol. The first-order valence-corrected chi connectivity index (χ1v) is 9.02. The van der Waals surface area contributed by atoms with Gasteiger partial charge in [0.2, 0.25) is 5.91 Å². The van der Waals surface area contributed by atoms with Crippen LogP contribution in [0.5, 0.6) is 0 Å². The van der Waals surface area contributed by atoms with Crippen LogP contribution in [0.25, 0.3) is 6.08 Å². The van der Waals surface area contributed by atoms with Crippen molar-refractivity contribution >= 4 is 35.5 Å². The molecule has 0 aromatic carbocycles. The Labute approximate surface area is 136 Å². The van der Waals surface area contributed by atoms with E-state index in [0.717, 1.165) is 5.08 Å². The van der Waals surface area contributed by atoms with E-state index >= 15 is 0 Å². The summed E-state index contributed by atoms with van der Waals surface area (Å²) < 4.78 is 0.